The van der Waals surface area contributed by atoms with E-state index >= 15 is 0 Å². The number of aromatic nitrogens is 4. The second kappa shape index (κ2) is 13.6. The van der Waals surface area contributed by atoms with Crippen LogP contribution in [0.2, 0.25) is 10.0 Å². The molecule has 0 atom stereocenters. The highest BCUT2D eigenvalue weighted by atomic mass is 35.5. The van der Waals surface area contributed by atoms with Crippen LogP contribution in [0.5, 0.6) is 0 Å². The summed E-state index contributed by atoms with van der Waals surface area (Å²) in [5.41, 5.74) is 4.46. The third-order valence-electron chi connectivity index (χ3n) is 7.44. The lowest BCUT2D eigenvalue weighted by molar-refractivity contribution is 0.0904. The molecule has 0 unspecified atom stereocenters. The molecule has 0 saturated carbocycles. The van der Waals surface area contributed by atoms with Crippen LogP contribution in [0.15, 0.2) is 83.3 Å². The zero-order chi connectivity index (χ0) is 29.8. The van der Waals surface area contributed by atoms with Gasteiger partial charge < -0.3 is 5.32 Å². The summed E-state index contributed by atoms with van der Waals surface area (Å²) in [5, 5.41) is 16.8. The van der Waals surface area contributed by atoms with E-state index in [-0.39, 0.29) is 11.9 Å². The average molecular weight is 650 g/mol. The van der Waals surface area contributed by atoms with Gasteiger partial charge in [-0.1, -0.05) is 83.5 Å². The van der Waals surface area contributed by atoms with Crippen LogP contribution >= 0.6 is 46.3 Å². The third kappa shape index (κ3) is 7.13. The second-order valence-electron chi connectivity index (χ2n) is 10.5. The molecule has 1 aliphatic heterocycles. The first-order chi connectivity index (χ1) is 20.9. The lowest BCUT2D eigenvalue weighted by atomic mass is 10.0. The molecule has 1 saturated heterocycles. The van der Waals surface area contributed by atoms with Crippen molar-refractivity contribution in [1.29, 1.82) is 0 Å². The van der Waals surface area contributed by atoms with Gasteiger partial charge in [-0.15, -0.1) is 21.5 Å². The van der Waals surface area contributed by atoms with Gasteiger partial charge in [0.1, 0.15) is 10.7 Å². The number of benzene rings is 3. The predicted molar refractivity (Wildman–Crippen MR) is 175 cm³/mol. The lowest BCUT2D eigenvalue weighted by Gasteiger charge is -2.32. The number of likely N-dealkylation sites (tertiary alicyclic amines) is 1. The van der Waals surface area contributed by atoms with Gasteiger partial charge >= 0.3 is 0 Å². The fraction of sp³-hybridized carbons (Fsp3) is 0.250. The van der Waals surface area contributed by atoms with Crippen LogP contribution in [0.25, 0.3) is 17.1 Å². The number of halogens is 2. The van der Waals surface area contributed by atoms with Crippen LogP contribution in [-0.2, 0) is 12.3 Å². The molecule has 1 fully saturated rings. The van der Waals surface area contributed by atoms with E-state index in [1.807, 2.05) is 65.4 Å². The minimum atomic E-state index is -0.118. The molecule has 5 aromatic rings. The van der Waals surface area contributed by atoms with Crippen molar-refractivity contribution in [1.82, 2.24) is 30.0 Å². The molecule has 0 aliphatic carbocycles. The maximum Gasteiger partial charge on any atom is 0.270 e. The number of nitrogens with one attached hydrogen (secondary N) is 1. The summed E-state index contributed by atoms with van der Waals surface area (Å²) < 4.78 is 1.98. The normalized spacial score (nSPS) is 14.2. The van der Waals surface area contributed by atoms with E-state index in [0.717, 1.165) is 54.3 Å². The minimum Gasteiger partial charge on any atom is -0.348 e. The summed E-state index contributed by atoms with van der Waals surface area (Å²) in [5.74, 6) is 1.05. The van der Waals surface area contributed by atoms with Gasteiger partial charge in [-0.25, -0.2) is 4.98 Å². The smallest absolute Gasteiger partial charge is 0.270 e. The van der Waals surface area contributed by atoms with E-state index in [9.17, 15) is 4.79 Å². The first-order valence-corrected chi connectivity index (χ1v) is 16.7. The highest BCUT2D eigenvalue weighted by molar-refractivity contribution is 7.98. The fourth-order valence-electron chi connectivity index (χ4n) is 5.17. The Hall–Kier alpha value is -3.21. The molecular weight excluding hydrogens is 619 g/mol. The third-order valence-corrected chi connectivity index (χ3v) is 9.98. The van der Waals surface area contributed by atoms with Crippen molar-refractivity contribution in [2.24, 2.45) is 0 Å². The number of nitrogens with zero attached hydrogens (tertiary/aromatic N) is 5. The van der Waals surface area contributed by atoms with E-state index in [1.54, 1.807) is 0 Å². The number of amides is 1. The molecule has 0 bridgehead atoms. The Morgan fingerprint density at radius 2 is 1.79 bits per heavy atom. The van der Waals surface area contributed by atoms with Crippen LogP contribution in [0, 0.1) is 6.92 Å². The molecule has 7 nitrogen and oxygen atoms in total. The number of rotatable bonds is 9. The van der Waals surface area contributed by atoms with E-state index in [1.165, 1.54) is 28.7 Å². The highest BCUT2D eigenvalue weighted by Crippen LogP contribution is 2.35. The topological polar surface area (TPSA) is 75.9 Å². The molecule has 11 heteroatoms. The summed E-state index contributed by atoms with van der Waals surface area (Å²) in [7, 11) is 0. The number of hydrogen-bond donors (Lipinski definition) is 1. The largest absolute Gasteiger partial charge is 0.348 e. The van der Waals surface area contributed by atoms with Crippen molar-refractivity contribution < 1.29 is 4.79 Å². The van der Waals surface area contributed by atoms with Crippen molar-refractivity contribution in [3.8, 4) is 17.1 Å². The van der Waals surface area contributed by atoms with E-state index < -0.39 is 0 Å². The van der Waals surface area contributed by atoms with Gasteiger partial charge in [-0.2, -0.15) is 0 Å². The SMILES string of the molecule is Cc1ccc(Cl)cc1-n1c(SCc2nc(C(=O)NC3CCN(Cc4ccccc4)CC3)cs2)nnc1-c1ccccc1Cl. The molecule has 6 rings (SSSR count). The van der Waals surface area contributed by atoms with Crippen LogP contribution in [0.3, 0.4) is 0 Å². The van der Waals surface area contributed by atoms with Crippen LogP contribution in [0.1, 0.15) is 39.5 Å². The summed E-state index contributed by atoms with van der Waals surface area (Å²) >= 11 is 15.9. The number of piperidine rings is 1. The van der Waals surface area contributed by atoms with Gasteiger partial charge in [-0.05, 0) is 55.2 Å². The Balaban J connectivity index is 1.11. The van der Waals surface area contributed by atoms with Gasteiger partial charge in [-0.3, -0.25) is 14.3 Å². The molecule has 0 spiro atoms. The zero-order valence-electron chi connectivity index (χ0n) is 23.5. The number of hydrogen-bond acceptors (Lipinski definition) is 7. The first-order valence-electron chi connectivity index (χ1n) is 14.1. The van der Waals surface area contributed by atoms with Crippen molar-refractivity contribution in [2.45, 2.75) is 43.3 Å². The Morgan fingerprint density at radius 1 is 1.02 bits per heavy atom. The molecule has 1 amide bonds. The highest BCUT2D eigenvalue weighted by Gasteiger charge is 2.23. The quantitative estimate of drug-likeness (QED) is 0.165. The molecule has 1 aliphatic rings. The van der Waals surface area contributed by atoms with Crippen molar-refractivity contribution in [3.63, 3.8) is 0 Å². The molecule has 3 aromatic carbocycles. The number of carbonyl (C=O) groups is 1. The van der Waals surface area contributed by atoms with Crippen LogP contribution in [-0.4, -0.2) is 49.7 Å². The van der Waals surface area contributed by atoms with Gasteiger partial charge in [0.25, 0.3) is 5.91 Å². The van der Waals surface area contributed by atoms with Gasteiger partial charge in [0.2, 0.25) is 0 Å². The molecule has 43 heavy (non-hydrogen) atoms. The molecule has 3 heterocycles. The van der Waals surface area contributed by atoms with E-state index in [2.05, 4.69) is 49.7 Å². The Bertz CT molecular complexity index is 1720. The van der Waals surface area contributed by atoms with Crippen LogP contribution in [0.4, 0.5) is 0 Å². The molecule has 2 aromatic heterocycles. The Morgan fingerprint density at radius 3 is 2.58 bits per heavy atom. The van der Waals surface area contributed by atoms with Gasteiger partial charge in [0.15, 0.2) is 11.0 Å². The predicted octanol–water partition coefficient (Wildman–Crippen LogP) is 7.69. The minimum absolute atomic E-state index is 0.118. The number of aryl methyl sites for hydroxylation is 1. The lowest BCUT2D eigenvalue weighted by Crippen LogP contribution is -2.44. The van der Waals surface area contributed by atoms with Crippen molar-refractivity contribution >= 4 is 52.2 Å². The Labute approximate surface area is 269 Å². The summed E-state index contributed by atoms with van der Waals surface area (Å²) in [6.07, 6.45) is 1.86. The summed E-state index contributed by atoms with van der Waals surface area (Å²) in [6, 6.07) is 24.0. The van der Waals surface area contributed by atoms with Crippen LogP contribution < -0.4 is 5.32 Å². The molecule has 1 N–H and O–H groups in total. The number of thiazole rings is 1. The zero-order valence-corrected chi connectivity index (χ0v) is 26.7. The average Bonchev–Trinajstić information content (AvgIpc) is 3.67. The van der Waals surface area contributed by atoms with E-state index in [0.29, 0.717) is 32.5 Å². The van der Waals surface area contributed by atoms with Gasteiger partial charge in [0, 0.05) is 41.6 Å². The molecule has 0 radical (unpaired) electrons. The van der Waals surface area contributed by atoms with Gasteiger partial charge in [0.05, 0.1) is 16.5 Å². The van der Waals surface area contributed by atoms with Crippen molar-refractivity contribution in [3.05, 3.63) is 110 Å². The standard InChI is InChI=1S/C32H30Cl2N6OS2/c1-21-11-12-23(33)17-28(21)40-30(25-9-5-6-10-26(25)34)37-38-32(40)43-20-29-36-27(19-42-29)31(41)35-24-13-15-39(16-14-24)18-22-7-3-2-4-8-22/h2-12,17,19,24H,13-16,18,20H2,1H3,(H,35,41). The summed E-state index contributed by atoms with van der Waals surface area (Å²) in [4.78, 5) is 20.1. The second-order valence-corrected chi connectivity index (χ2v) is 13.2. The number of thioether (sulfide) groups is 1. The molecule has 220 valence electrons. The fourth-order valence-corrected chi connectivity index (χ4v) is 7.29. The van der Waals surface area contributed by atoms with Crippen molar-refractivity contribution in [2.75, 3.05) is 13.1 Å². The maximum absolute atomic E-state index is 13.0. The number of carbonyl (C=O) groups excluding carboxylic acids is 1. The summed E-state index contributed by atoms with van der Waals surface area (Å²) in [6.45, 7) is 4.89. The Kier molecular flexibility index (Phi) is 9.45. The maximum atomic E-state index is 13.0. The monoisotopic (exact) mass is 648 g/mol. The van der Waals surface area contributed by atoms with E-state index in [4.69, 9.17) is 23.2 Å². The first kappa shape index (κ1) is 29.8. The molecular formula is C32H30Cl2N6OS2.